The second-order valence-electron chi connectivity index (χ2n) is 5.46. The number of hydrogen-bond donors (Lipinski definition) is 3. The van der Waals surface area contributed by atoms with Gasteiger partial charge in [0.25, 0.3) is 0 Å². The maximum Gasteiger partial charge on any atom is 0.353 e. The van der Waals surface area contributed by atoms with Crippen molar-refractivity contribution in [3.05, 3.63) is 40.4 Å². The third-order valence-corrected chi connectivity index (χ3v) is 3.20. The van der Waals surface area contributed by atoms with Crippen molar-refractivity contribution in [3.63, 3.8) is 0 Å². The van der Waals surface area contributed by atoms with Crippen LogP contribution in [0.15, 0.2) is 30.3 Å². The highest BCUT2D eigenvalue weighted by Gasteiger charge is 2.23. The van der Waals surface area contributed by atoms with Crippen LogP contribution in [0.5, 0.6) is 0 Å². The van der Waals surface area contributed by atoms with Gasteiger partial charge in [0.1, 0.15) is 0 Å². The predicted molar refractivity (Wildman–Crippen MR) is 94.5 cm³/mol. The summed E-state index contributed by atoms with van der Waals surface area (Å²) >= 11 is 0. The topological polar surface area (TPSA) is 122 Å². The van der Waals surface area contributed by atoms with Crippen molar-refractivity contribution >= 4 is 29.0 Å². The van der Waals surface area contributed by atoms with Crippen LogP contribution in [-0.2, 0) is 0 Å². The van der Waals surface area contributed by atoms with Gasteiger partial charge in [0.15, 0.2) is 0 Å². The molecule has 2 aromatic rings. The standard InChI is InChI=1S/C15H21N7O2/c1-21(2)10-6-9-17-15-19-13(16)12(22(23)24)14(20-15)18-11-7-4-3-5-8-11/h3-5,7-8H,6,9-10H2,1-2H3,(H4,16,17,18,19,20). The Morgan fingerprint density at radius 1 is 1.25 bits per heavy atom. The number of rotatable bonds is 8. The molecule has 0 fully saturated rings. The molecular formula is C15H21N7O2. The number of nitrogens with two attached hydrogens (primary N) is 1. The summed E-state index contributed by atoms with van der Waals surface area (Å²) in [5.41, 5.74) is 6.09. The average Bonchev–Trinajstić information content (AvgIpc) is 2.51. The predicted octanol–water partition coefficient (Wildman–Crippen LogP) is 2.07. The van der Waals surface area contributed by atoms with Gasteiger partial charge in [-0.2, -0.15) is 9.97 Å². The van der Waals surface area contributed by atoms with E-state index in [1.165, 1.54) is 0 Å². The molecule has 0 radical (unpaired) electrons. The van der Waals surface area contributed by atoms with Gasteiger partial charge in [-0.25, -0.2) is 0 Å². The fourth-order valence-electron chi connectivity index (χ4n) is 2.07. The van der Waals surface area contributed by atoms with E-state index in [1.807, 2.05) is 32.3 Å². The highest BCUT2D eigenvalue weighted by molar-refractivity contribution is 5.74. The normalized spacial score (nSPS) is 10.6. The van der Waals surface area contributed by atoms with E-state index in [0.717, 1.165) is 13.0 Å². The molecule has 4 N–H and O–H groups in total. The van der Waals surface area contributed by atoms with Crippen LogP contribution in [0, 0.1) is 10.1 Å². The Morgan fingerprint density at radius 3 is 2.58 bits per heavy atom. The molecule has 1 heterocycles. The zero-order chi connectivity index (χ0) is 17.5. The van der Waals surface area contributed by atoms with Crippen LogP contribution < -0.4 is 16.4 Å². The summed E-state index contributed by atoms with van der Waals surface area (Å²) in [4.78, 5) is 20.9. The van der Waals surface area contributed by atoms with Crippen LogP contribution >= 0.6 is 0 Å². The van der Waals surface area contributed by atoms with E-state index in [-0.39, 0.29) is 23.3 Å². The third kappa shape index (κ3) is 4.78. The molecule has 1 aromatic carbocycles. The third-order valence-electron chi connectivity index (χ3n) is 3.20. The second kappa shape index (κ2) is 8.06. The number of anilines is 4. The summed E-state index contributed by atoms with van der Waals surface area (Å²) in [6.45, 7) is 1.55. The molecule has 0 spiro atoms. The molecular weight excluding hydrogens is 310 g/mol. The maximum atomic E-state index is 11.3. The van der Waals surface area contributed by atoms with Crippen LogP contribution in [0.2, 0.25) is 0 Å². The molecule has 0 bridgehead atoms. The Labute approximate surface area is 140 Å². The van der Waals surface area contributed by atoms with Crippen LogP contribution in [0.4, 0.5) is 29.0 Å². The van der Waals surface area contributed by atoms with Gasteiger partial charge in [-0.3, -0.25) is 10.1 Å². The van der Waals surface area contributed by atoms with Gasteiger partial charge in [0.2, 0.25) is 17.6 Å². The Bertz CT molecular complexity index is 692. The number of aromatic nitrogens is 2. The number of benzene rings is 1. The van der Waals surface area contributed by atoms with Crippen molar-refractivity contribution in [1.29, 1.82) is 0 Å². The Balaban J connectivity index is 2.20. The quantitative estimate of drug-likeness (QED) is 0.382. The average molecular weight is 331 g/mol. The molecule has 0 aliphatic carbocycles. The van der Waals surface area contributed by atoms with E-state index in [1.54, 1.807) is 12.1 Å². The zero-order valence-electron chi connectivity index (χ0n) is 13.7. The summed E-state index contributed by atoms with van der Waals surface area (Å²) in [6.07, 6.45) is 0.884. The minimum Gasteiger partial charge on any atom is -0.378 e. The molecule has 9 nitrogen and oxygen atoms in total. The lowest BCUT2D eigenvalue weighted by Gasteiger charge is -2.12. The van der Waals surface area contributed by atoms with E-state index in [2.05, 4.69) is 25.5 Å². The van der Waals surface area contributed by atoms with E-state index >= 15 is 0 Å². The number of hydrogen-bond acceptors (Lipinski definition) is 8. The van der Waals surface area contributed by atoms with Crippen molar-refractivity contribution < 1.29 is 4.92 Å². The first kappa shape index (κ1) is 17.4. The summed E-state index contributed by atoms with van der Waals surface area (Å²) in [7, 11) is 3.98. The molecule has 0 aliphatic heterocycles. The highest BCUT2D eigenvalue weighted by atomic mass is 16.6. The first-order valence-corrected chi connectivity index (χ1v) is 7.50. The molecule has 1 aromatic heterocycles. The van der Waals surface area contributed by atoms with Crippen molar-refractivity contribution in [2.24, 2.45) is 0 Å². The van der Waals surface area contributed by atoms with Crippen molar-refractivity contribution in [2.45, 2.75) is 6.42 Å². The van der Waals surface area contributed by atoms with Crippen LogP contribution in [0.25, 0.3) is 0 Å². The van der Waals surface area contributed by atoms with Crippen LogP contribution in [0.3, 0.4) is 0 Å². The lowest BCUT2D eigenvalue weighted by Crippen LogP contribution is -2.17. The lowest BCUT2D eigenvalue weighted by atomic mass is 10.3. The number of nitro groups is 1. The van der Waals surface area contributed by atoms with E-state index in [0.29, 0.717) is 12.2 Å². The SMILES string of the molecule is CN(C)CCCNc1nc(N)c([N+](=O)[O-])c(Nc2ccccc2)n1. The first-order chi connectivity index (χ1) is 11.5. The van der Waals surface area contributed by atoms with E-state index in [9.17, 15) is 10.1 Å². The van der Waals surface area contributed by atoms with Crippen LogP contribution in [0.1, 0.15) is 6.42 Å². The van der Waals surface area contributed by atoms with Gasteiger partial charge < -0.3 is 21.3 Å². The lowest BCUT2D eigenvalue weighted by molar-refractivity contribution is -0.383. The van der Waals surface area contributed by atoms with Crippen molar-refractivity contribution in [3.8, 4) is 0 Å². The molecule has 0 amide bonds. The number of para-hydroxylation sites is 1. The van der Waals surface area contributed by atoms with Gasteiger partial charge in [0, 0.05) is 12.2 Å². The highest BCUT2D eigenvalue weighted by Crippen LogP contribution is 2.31. The Hall–Kier alpha value is -2.94. The fourth-order valence-corrected chi connectivity index (χ4v) is 2.07. The molecule has 0 atom stereocenters. The smallest absolute Gasteiger partial charge is 0.353 e. The second-order valence-corrected chi connectivity index (χ2v) is 5.46. The van der Waals surface area contributed by atoms with Gasteiger partial charge >= 0.3 is 5.69 Å². The zero-order valence-corrected chi connectivity index (χ0v) is 13.7. The van der Waals surface area contributed by atoms with Crippen molar-refractivity contribution in [1.82, 2.24) is 14.9 Å². The minimum atomic E-state index is -0.587. The fraction of sp³-hybridized carbons (Fsp3) is 0.333. The molecule has 128 valence electrons. The summed E-state index contributed by atoms with van der Waals surface area (Å²) in [5.74, 6) is 0.146. The van der Waals surface area contributed by atoms with Gasteiger partial charge in [-0.1, -0.05) is 18.2 Å². The Kier molecular flexibility index (Phi) is 5.85. The summed E-state index contributed by atoms with van der Waals surface area (Å²) < 4.78 is 0. The molecule has 0 saturated heterocycles. The van der Waals surface area contributed by atoms with E-state index in [4.69, 9.17) is 5.73 Å². The van der Waals surface area contributed by atoms with E-state index < -0.39 is 4.92 Å². The van der Waals surface area contributed by atoms with Crippen LogP contribution in [-0.4, -0.2) is 47.0 Å². The first-order valence-electron chi connectivity index (χ1n) is 7.50. The molecule has 0 saturated carbocycles. The molecule has 0 aliphatic rings. The number of nitrogens with one attached hydrogen (secondary N) is 2. The minimum absolute atomic E-state index is 0.0637. The molecule has 0 unspecified atom stereocenters. The molecule has 24 heavy (non-hydrogen) atoms. The largest absolute Gasteiger partial charge is 0.378 e. The molecule has 2 rings (SSSR count). The molecule has 9 heteroatoms. The van der Waals surface area contributed by atoms with Gasteiger partial charge in [-0.15, -0.1) is 0 Å². The van der Waals surface area contributed by atoms with Crippen molar-refractivity contribution in [2.75, 3.05) is 43.6 Å². The Morgan fingerprint density at radius 2 is 1.96 bits per heavy atom. The maximum absolute atomic E-state index is 11.3. The number of nitrogen functional groups attached to an aromatic ring is 1. The monoisotopic (exact) mass is 331 g/mol. The summed E-state index contributed by atoms with van der Waals surface area (Å²) in [6, 6.07) is 9.06. The van der Waals surface area contributed by atoms with Gasteiger partial charge in [-0.05, 0) is 39.2 Å². The summed E-state index contributed by atoms with van der Waals surface area (Å²) in [5, 5.41) is 17.2. The van der Waals surface area contributed by atoms with Gasteiger partial charge in [0.05, 0.1) is 4.92 Å². The number of nitrogens with zero attached hydrogens (tertiary/aromatic N) is 4.